The molecule has 0 aliphatic heterocycles. The van der Waals surface area contributed by atoms with Gasteiger partial charge in [0.05, 0.1) is 5.69 Å². The number of aryl methyl sites for hydroxylation is 2. The first-order chi connectivity index (χ1) is 11.1. The first kappa shape index (κ1) is 15.7. The molecule has 2 aromatic rings. The number of amides is 1. The minimum absolute atomic E-state index is 0.0628. The van der Waals surface area contributed by atoms with Crippen molar-refractivity contribution in [2.24, 2.45) is 0 Å². The summed E-state index contributed by atoms with van der Waals surface area (Å²) in [6.07, 6.45) is 3.95. The summed E-state index contributed by atoms with van der Waals surface area (Å²) >= 11 is 5.91. The standard InChI is InChI=1S/C17H18ClN3O2/c18-14-6-3-4-12(8-14)10-19-16(22)11-21-17(23)9-13-5-1-2-7-15(13)20-21/h3-4,6,8-9H,1-2,5,7,10-11H2,(H,19,22). The molecule has 23 heavy (non-hydrogen) atoms. The molecule has 120 valence electrons. The molecule has 1 aliphatic carbocycles. The largest absolute Gasteiger partial charge is 0.350 e. The number of halogens is 1. The molecule has 1 aliphatic rings. The summed E-state index contributed by atoms with van der Waals surface area (Å²) in [6, 6.07) is 8.91. The third-order valence-corrected chi connectivity index (χ3v) is 4.18. The van der Waals surface area contributed by atoms with Crippen LogP contribution in [0.1, 0.15) is 29.7 Å². The summed E-state index contributed by atoms with van der Waals surface area (Å²) in [5.74, 6) is -0.240. The third-order valence-electron chi connectivity index (χ3n) is 3.95. The quantitative estimate of drug-likeness (QED) is 0.933. The lowest BCUT2D eigenvalue weighted by Gasteiger charge is -2.15. The van der Waals surface area contributed by atoms with Gasteiger partial charge >= 0.3 is 0 Å². The van der Waals surface area contributed by atoms with Crippen molar-refractivity contribution in [2.45, 2.75) is 38.8 Å². The van der Waals surface area contributed by atoms with Gasteiger partial charge in [0.1, 0.15) is 6.54 Å². The van der Waals surface area contributed by atoms with E-state index < -0.39 is 0 Å². The zero-order chi connectivity index (χ0) is 16.2. The predicted molar refractivity (Wildman–Crippen MR) is 88.4 cm³/mol. The number of nitrogens with one attached hydrogen (secondary N) is 1. The van der Waals surface area contributed by atoms with Gasteiger partial charge < -0.3 is 5.32 Å². The Morgan fingerprint density at radius 2 is 2.09 bits per heavy atom. The summed E-state index contributed by atoms with van der Waals surface area (Å²) < 4.78 is 1.25. The molecule has 0 bridgehead atoms. The lowest BCUT2D eigenvalue weighted by Crippen LogP contribution is -2.34. The number of hydrogen-bond donors (Lipinski definition) is 1. The van der Waals surface area contributed by atoms with Crippen LogP contribution in [-0.4, -0.2) is 15.7 Å². The number of hydrogen-bond acceptors (Lipinski definition) is 3. The number of nitrogens with zero attached hydrogens (tertiary/aromatic N) is 2. The SMILES string of the molecule is O=C(Cn1nc2c(cc1=O)CCCC2)NCc1cccc(Cl)c1. The molecule has 3 rings (SSSR count). The second-order valence-corrected chi connectivity index (χ2v) is 6.16. The Kier molecular flexibility index (Phi) is 4.76. The minimum atomic E-state index is -0.240. The van der Waals surface area contributed by atoms with Gasteiger partial charge in [0.25, 0.3) is 5.56 Å². The van der Waals surface area contributed by atoms with Crippen LogP contribution in [0.15, 0.2) is 35.1 Å². The summed E-state index contributed by atoms with van der Waals surface area (Å²) in [5.41, 5.74) is 2.66. The van der Waals surface area contributed by atoms with Crippen LogP contribution in [0.5, 0.6) is 0 Å². The topological polar surface area (TPSA) is 64.0 Å². The first-order valence-corrected chi connectivity index (χ1v) is 8.11. The molecule has 0 radical (unpaired) electrons. The number of aromatic nitrogens is 2. The molecular weight excluding hydrogens is 314 g/mol. The highest BCUT2D eigenvalue weighted by Gasteiger charge is 2.14. The van der Waals surface area contributed by atoms with Crippen LogP contribution in [0.3, 0.4) is 0 Å². The highest BCUT2D eigenvalue weighted by atomic mass is 35.5. The molecule has 5 nitrogen and oxygen atoms in total. The van der Waals surface area contributed by atoms with Crippen LogP contribution in [-0.2, 0) is 30.7 Å². The molecule has 6 heteroatoms. The zero-order valence-corrected chi connectivity index (χ0v) is 13.5. The summed E-state index contributed by atoms with van der Waals surface area (Å²) in [6.45, 7) is 0.311. The van der Waals surface area contributed by atoms with Crippen LogP contribution < -0.4 is 10.9 Å². The molecule has 0 spiro atoms. The van der Waals surface area contributed by atoms with Crippen LogP contribution in [0, 0.1) is 0 Å². The van der Waals surface area contributed by atoms with Crippen molar-refractivity contribution in [3.8, 4) is 0 Å². The Morgan fingerprint density at radius 3 is 2.91 bits per heavy atom. The normalized spacial score (nSPS) is 13.4. The molecule has 1 amide bonds. The molecule has 0 saturated heterocycles. The molecule has 1 N–H and O–H groups in total. The van der Waals surface area contributed by atoms with Crippen LogP contribution >= 0.6 is 11.6 Å². The van der Waals surface area contributed by atoms with Crippen molar-refractivity contribution in [3.05, 3.63) is 62.5 Å². The van der Waals surface area contributed by atoms with Crippen molar-refractivity contribution in [1.82, 2.24) is 15.1 Å². The second-order valence-electron chi connectivity index (χ2n) is 5.73. The third kappa shape index (κ3) is 3.99. The number of carbonyl (C=O) groups is 1. The maximum absolute atomic E-state index is 12.0. The Labute approximate surface area is 139 Å². The van der Waals surface area contributed by atoms with E-state index in [2.05, 4.69) is 10.4 Å². The Morgan fingerprint density at radius 1 is 1.26 bits per heavy atom. The van der Waals surface area contributed by atoms with Crippen LogP contribution in [0.25, 0.3) is 0 Å². The van der Waals surface area contributed by atoms with Gasteiger partial charge in [-0.1, -0.05) is 23.7 Å². The van der Waals surface area contributed by atoms with Gasteiger partial charge in [0.15, 0.2) is 0 Å². The van der Waals surface area contributed by atoms with E-state index in [9.17, 15) is 9.59 Å². The molecule has 0 saturated carbocycles. The van der Waals surface area contributed by atoms with E-state index in [-0.39, 0.29) is 18.0 Å². The molecule has 0 unspecified atom stereocenters. The average molecular weight is 332 g/mol. The maximum atomic E-state index is 12.0. The van der Waals surface area contributed by atoms with Crippen molar-refractivity contribution >= 4 is 17.5 Å². The van der Waals surface area contributed by atoms with Gasteiger partial charge in [-0.2, -0.15) is 5.10 Å². The molecule has 0 atom stereocenters. The summed E-state index contributed by atoms with van der Waals surface area (Å²) in [5, 5.41) is 7.76. The average Bonchev–Trinajstić information content (AvgIpc) is 2.54. The first-order valence-electron chi connectivity index (χ1n) is 7.73. The van der Waals surface area contributed by atoms with Gasteiger partial charge in [-0.3, -0.25) is 9.59 Å². The van der Waals surface area contributed by atoms with E-state index in [4.69, 9.17) is 11.6 Å². The number of benzene rings is 1. The van der Waals surface area contributed by atoms with Crippen molar-refractivity contribution < 1.29 is 4.79 Å². The summed E-state index contributed by atoms with van der Waals surface area (Å²) in [7, 11) is 0. The minimum Gasteiger partial charge on any atom is -0.350 e. The van der Waals surface area contributed by atoms with Crippen LogP contribution in [0.2, 0.25) is 5.02 Å². The van der Waals surface area contributed by atoms with Crippen LogP contribution in [0.4, 0.5) is 0 Å². The van der Waals surface area contributed by atoms with Gasteiger partial charge in [0.2, 0.25) is 5.91 Å². The molecule has 0 fully saturated rings. The fraction of sp³-hybridized carbons (Fsp3) is 0.353. The monoisotopic (exact) mass is 331 g/mol. The fourth-order valence-electron chi connectivity index (χ4n) is 2.75. The van der Waals surface area contributed by atoms with E-state index in [0.29, 0.717) is 11.6 Å². The molecular formula is C17H18ClN3O2. The Bertz CT molecular complexity index is 786. The predicted octanol–water partition coefficient (Wildman–Crippen LogP) is 2.09. The van der Waals surface area contributed by atoms with E-state index in [1.807, 2.05) is 12.1 Å². The molecule has 1 heterocycles. The van der Waals surface area contributed by atoms with Crippen molar-refractivity contribution in [3.63, 3.8) is 0 Å². The van der Waals surface area contributed by atoms with E-state index in [1.54, 1.807) is 18.2 Å². The lowest BCUT2D eigenvalue weighted by atomic mass is 9.97. The maximum Gasteiger partial charge on any atom is 0.267 e. The van der Waals surface area contributed by atoms with Gasteiger partial charge in [-0.15, -0.1) is 0 Å². The fourth-order valence-corrected chi connectivity index (χ4v) is 2.97. The van der Waals surface area contributed by atoms with Gasteiger partial charge in [-0.05, 0) is 48.9 Å². The number of carbonyl (C=O) groups excluding carboxylic acids is 1. The van der Waals surface area contributed by atoms with E-state index >= 15 is 0 Å². The molecule has 1 aromatic heterocycles. The van der Waals surface area contributed by atoms with Crippen molar-refractivity contribution in [2.75, 3.05) is 0 Å². The summed E-state index contributed by atoms with van der Waals surface area (Å²) in [4.78, 5) is 24.1. The van der Waals surface area contributed by atoms with Gasteiger partial charge in [0, 0.05) is 17.6 Å². The van der Waals surface area contributed by atoms with E-state index in [1.165, 1.54) is 4.68 Å². The van der Waals surface area contributed by atoms with E-state index in [0.717, 1.165) is 42.5 Å². The number of fused-ring (bicyclic) bond motifs is 1. The lowest BCUT2D eigenvalue weighted by molar-refractivity contribution is -0.122. The number of rotatable bonds is 4. The smallest absolute Gasteiger partial charge is 0.267 e. The van der Waals surface area contributed by atoms with Gasteiger partial charge in [-0.25, -0.2) is 4.68 Å². The Balaban J connectivity index is 1.65. The highest BCUT2D eigenvalue weighted by Crippen LogP contribution is 2.16. The highest BCUT2D eigenvalue weighted by molar-refractivity contribution is 6.30. The zero-order valence-electron chi connectivity index (χ0n) is 12.7. The van der Waals surface area contributed by atoms with Crippen molar-refractivity contribution in [1.29, 1.82) is 0 Å². The molecule has 1 aromatic carbocycles. The second kappa shape index (κ2) is 6.96. The Hall–Kier alpha value is -2.14.